The summed E-state index contributed by atoms with van der Waals surface area (Å²) in [5.41, 5.74) is 0.675. The minimum absolute atomic E-state index is 0.0903. The summed E-state index contributed by atoms with van der Waals surface area (Å²) in [7, 11) is 0. The first-order chi connectivity index (χ1) is 8.66. The van der Waals surface area contributed by atoms with Gasteiger partial charge in [0.15, 0.2) is 0 Å². The standard InChI is InChI=1S/C14H18FNO2/c15-12-6-4-10(5-7-12)13(17)8-9-16-14(18)11-2-1-3-11/h4-7,11,13,17H,1-3,8-9H2,(H,16,18). The van der Waals surface area contributed by atoms with Crippen LogP contribution in [0, 0.1) is 11.7 Å². The molecule has 1 aromatic carbocycles. The highest BCUT2D eigenvalue weighted by Gasteiger charge is 2.24. The molecule has 4 heteroatoms. The fourth-order valence-electron chi connectivity index (χ4n) is 2.00. The summed E-state index contributed by atoms with van der Waals surface area (Å²) in [6, 6.07) is 5.78. The van der Waals surface area contributed by atoms with E-state index in [1.165, 1.54) is 12.1 Å². The van der Waals surface area contributed by atoms with Gasteiger partial charge in [0.2, 0.25) is 5.91 Å². The number of hydrogen-bond donors (Lipinski definition) is 2. The SMILES string of the molecule is O=C(NCCC(O)c1ccc(F)cc1)C1CCC1. The number of carbonyl (C=O) groups is 1. The largest absolute Gasteiger partial charge is 0.388 e. The Morgan fingerprint density at radius 1 is 1.39 bits per heavy atom. The molecule has 0 heterocycles. The molecule has 1 saturated carbocycles. The maximum atomic E-state index is 12.7. The first-order valence-electron chi connectivity index (χ1n) is 6.38. The van der Waals surface area contributed by atoms with Crippen LogP contribution in [0.4, 0.5) is 4.39 Å². The second-order valence-corrected chi connectivity index (χ2v) is 4.77. The maximum Gasteiger partial charge on any atom is 0.223 e. The summed E-state index contributed by atoms with van der Waals surface area (Å²) in [6.45, 7) is 0.452. The first-order valence-corrected chi connectivity index (χ1v) is 6.38. The molecule has 1 aliphatic carbocycles. The highest BCUT2D eigenvalue weighted by molar-refractivity contribution is 5.79. The van der Waals surface area contributed by atoms with Gasteiger partial charge in [-0.25, -0.2) is 4.39 Å². The van der Waals surface area contributed by atoms with Crippen LogP contribution in [0.3, 0.4) is 0 Å². The van der Waals surface area contributed by atoms with E-state index < -0.39 is 6.10 Å². The number of halogens is 1. The predicted octanol–water partition coefficient (Wildman–Crippen LogP) is 2.17. The number of hydrogen-bond acceptors (Lipinski definition) is 2. The number of carbonyl (C=O) groups excluding carboxylic acids is 1. The van der Waals surface area contributed by atoms with Gasteiger partial charge in [0, 0.05) is 12.5 Å². The van der Waals surface area contributed by atoms with Crippen LogP contribution in [0.15, 0.2) is 24.3 Å². The van der Waals surface area contributed by atoms with Gasteiger partial charge in [0.1, 0.15) is 5.82 Å². The zero-order valence-corrected chi connectivity index (χ0v) is 10.2. The van der Waals surface area contributed by atoms with E-state index in [1.54, 1.807) is 12.1 Å². The molecule has 18 heavy (non-hydrogen) atoms. The van der Waals surface area contributed by atoms with Crippen molar-refractivity contribution < 1.29 is 14.3 Å². The van der Waals surface area contributed by atoms with E-state index in [0.717, 1.165) is 19.3 Å². The summed E-state index contributed by atoms with van der Waals surface area (Å²) in [5.74, 6) is -0.0512. The van der Waals surface area contributed by atoms with E-state index >= 15 is 0 Å². The van der Waals surface area contributed by atoms with Gasteiger partial charge in [-0.3, -0.25) is 4.79 Å². The molecule has 0 aromatic heterocycles. The Balaban J connectivity index is 1.72. The van der Waals surface area contributed by atoms with Crippen molar-refractivity contribution in [3.8, 4) is 0 Å². The van der Waals surface area contributed by atoms with Gasteiger partial charge < -0.3 is 10.4 Å². The molecule has 0 saturated heterocycles. The van der Waals surface area contributed by atoms with Gasteiger partial charge in [-0.05, 0) is 37.0 Å². The number of nitrogens with one attached hydrogen (secondary N) is 1. The van der Waals surface area contributed by atoms with Crippen LogP contribution < -0.4 is 5.32 Å². The van der Waals surface area contributed by atoms with Gasteiger partial charge >= 0.3 is 0 Å². The Morgan fingerprint density at radius 3 is 2.61 bits per heavy atom. The van der Waals surface area contributed by atoms with Crippen LogP contribution in [-0.4, -0.2) is 17.6 Å². The van der Waals surface area contributed by atoms with Crippen molar-refractivity contribution in [3.63, 3.8) is 0 Å². The molecule has 1 unspecified atom stereocenters. The number of rotatable bonds is 5. The summed E-state index contributed by atoms with van der Waals surface area (Å²) < 4.78 is 12.7. The zero-order chi connectivity index (χ0) is 13.0. The number of benzene rings is 1. The van der Waals surface area contributed by atoms with Crippen LogP contribution in [0.1, 0.15) is 37.4 Å². The molecule has 98 valence electrons. The summed E-state index contributed by atoms with van der Waals surface area (Å²) in [4.78, 5) is 11.5. The average molecular weight is 251 g/mol. The summed E-state index contributed by atoms with van der Waals surface area (Å²) in [6.07, 6.45) is 2.88. The minimum Gasteiger partial charge on any atom is -0.388 e. The van der Waals surface area contributed by atoms with E-state index in [-0.39, 0.29) is 17.6 Å². The van der Waals surface area contributed by atoms with Crippen molar-refractivity contribution >= 4 is 5.91 Å². The average Bonchev–Trinajstić information content (AvgIpc) is 2.27. The highest BCUT2D eigenvalue weighted by Crippen LogP contribution is 2.26. The molecule has 1 fully saturated rings. The molecule has 3 nitrogen and oxygen atoms in total. The third-order valence-electron chi connectivity index (χ3n) is 3.45. The van der Waals surface area contributed by atoms with E-state index in [9.17, 15) is 14.3 Å². The number of amides is 1. The molecule has 0 aliphatic heterocycles. The molecule has 0 bridgehead atoms. The Morgan fingerprint density at radius 2 is 2.06 bits per heavy atom. The molecule has 1 aliphatic rings. The maximum absolute atomic E-state index is 12.7. The van der Waals surface area contributed by atoms with Crippen molar-refractivity contribution in [3.05, 3.63) is 35.6 Å². The van der Waals surface area contributed by atoms with E-state index in [2.05, 4.69) is 5.32 Å². The van der Waals surface area contributed by atoms with Crippen molar-refractivity contribution in [2.45, 2.75) is 31.8 Å². The van der Waals surface area contributed by atoms with Crippen LogP contribution in [-0.2, 0) is 4.79 Å². The van der Waals surface area contributed by atoms with Crippen molar-refractivity contribution in [1.29, 1.82) is 0 Å². The third kappa shape index (κ3) is 3.29. The molecular weight excluding hydrogens is 233 g/mol. The van der Waals surface area contributed by atoms with Gasteiger partial charge in [-0.1, -0.05) is 18.6 Å². The monoisotopic (exact) mass is 251 g/mol. The lowest BCUT2D eigenvalue weighted by atomic mass is 9.85. The quantitative estimate of drug-likeness (QED) is 0.842. The Labute approximate surface area is 106 Å². The zero-order valence-electron chi connectivity index (χ0n) is 10.2. The van der Waals surface area contributed by atoms with E-state index in [0.29, 0.717) is 18.5 Å². The Hall–Kier alpha value is -1.42. The van der Waals surface area contributed by atoms with Gasteiger partial charge in [-0.2, -0.15) is 0 Å². The topological polar surface area (TPSA) is 49.3 Å². The molecule has 0 radical (unpaired) electrons. The molecule has 2 rings (SSSR count). The second kappa shape index (κ2) is 5.96. The molecule has 1 aromatic rings. The molecule has 1 atom stereocenters. The number of aliphatic hydroxyl groups excluding tert-OH is 1. The summed E-state index contributed by atoms with van der Waals surface area (Å²) >= 11 is 0. The van der Waals surface area contributed by atoms with Crippen molar-refractivity contribution in [2.24, 2.45) is 5.92 Å². The lowest BCUT2D eigenvalue weighted by Crippen LogP contribution is -2.35. The fourth-order valence-corrected chi connectivity index (χ4v) is 2.00. The minimum atomic E-state index is -0.660. The van der Waals surface area contributed by atoms with E-state index in [4.69, 9.17) is 0 Å². The Bertz CT molecular complexity index is 401. The first kappa shape index (κ1) is 13.0. The lowest BCUT2D eigenvalue weighted by Gasteiger charge is -2.24. The molecular formula is C14H18FNO2. The van der Waals surface area contributed by atoms with Gasteiger partial charge in [0.05, 0.1) is 6.10 Å². The van der Waals surface area contributed by atoms with Gasteiger partial charge in [-0.15, -0.1) is 0 Å². The van der Waals surface area contributed by atoms with Crippen LogP contribution in [0.25, 0.3) is 0 Å². The lowest BCUT2D eigenvalue weighted by molar-refractivity contribution is -0.127. The van der Waals surface area contributed by atoms with Crippen LogP contribution >= 0.6 is 0 Å². The van der Waals surface area contributed by atoms with Crippen LogP contribution in [0.2, 0.25) is 0 Å². The second-order valence-electron chi connectivity index (χ2n) is 4.77. The Kier molecular flexibility index (Phi) is 4.31. The smallest absolute Gasteiger partial charge is 0.223 e. The van der Waals surface area contributed by atoms with Crippen LogP contribution in [0.5, 0.6) is 0 Å². The van der Waals surface area contributed by atoms with Crippen molar-refractivity contribution in [1.82, 2.24) is 5.32 Å². The normalized spacial score (nSPS) is 17.0. The molecule has 2 N–H and O–H groups in total. The van der Waals surface area contributed by atoms with Gasteiger partial charge in [0.25, 0.3) is 0 Å². The molecule has 1 amide bonds. The summed E-state index contributed by atoms with van der Waals surface area (Å²) in [5, 5.41) is 12.7. The van der Waals surface area contributed by atoms with E-state index in [1.807, 2.05) is 0 Å². The van der Waals surface area contributed by atoms with Crippen molar-refractivity contribution in [2.75, 3.05) is 6.54 Å². The third-order valence-corrected chi connectivity index (χ3v) is 3.45. The number of aliphatic hydroxyl groups is 1. The highest BCUT2D eigenvalue weighted by atomic mass is 19.1. The molecule has 0 spiro atoms. The predicted molar refractivity (Wildman–Crippen MR) is 66.3 cm³/mol. The fraction of sp³-hybridized carbons (Fsp3) is 0.500.